The van der Waals surface area contributed by atoms with Crippen molar-refractivity contribution < 1.29 is 0 Å². The van der Waals surface area contributed by atoms with Gasteiger partial charge in [0.2, 0.25) is 0 Å². The lowest BCUT2D eigenvalue weighted by Gasteiger charge is -2.29. The minimum absolute atomic E-state index is 0.818. The van der Waals surface area contributed by atoms with Gasteiger partial charge in [0.1, 0.15) is 0 Å². The summed E-state index contributed by atoms with van der Waals surface area (Å²) in [6, 6.07) is 0.818. The molecule has 2 atom stereocenters. The zero-order valence-corrected chi connectivity index (χ0v) is 7.19. The summed E-state index contributed by atoms with van der Waals surface area (Å²) in [5, 5.41) is 3.53. The van der Waals surface area contributed by atoms with Gasteiger partial charge in [-0.3, -0.25) is 0 Å². The normalized spacial score (nSPS) is 34.2. The monoisotopic (exact) mass is 141 g/mol. The minimum Gasteiger partial charge on any atom is -0.314 e. The second-order valence-corrected chi connectivity index (χ2v) is 3.43. The maximum absolute atomic E-state index is 3.53. The van der Waals surface area contributed by atoms with E-state index in [1.165, 1.54) is 25.7 Å². The first-order valence-corrected chi connectivity index (χ1v) is 4.58. The molecule has 0 aromatic carbocycles. The number of hydrogen-bond donors (Lipinski definition) is 1. The largest absolute Gasteiger partial charge is 0.314 e. The molecular weight excluding hydrogens is 122 g/mol. The van der Waals surface area contributed by atoms with Gasteiger partial charge in [-0.05, 0) is 25.3 Å². The molecule has 10 heavy (non-hydrogen) atoms. The van der Waals surface area contributed by atoms with Gasteiger partial charge in [-0.15, -0.1) is 0 Å². The average molecular weight is 141 g/mol. The first kappa shape index (κ1) is 8.06. The van der Waals surface area contributed by atoms with Gasteiger partial charge in [0, 0.05) is 6.04 Å². The summed E-state index contributed by atoms with van der Waals surface area (Å²) < 4.78 is 0. The molecule has 0 heterocycles. The van der Waals surface area contributed by atoms with Gasteiger partial charge < -0.3 is 5.32 Å². The van der Waals surface area contributed by atoms with Crippen LogP contribution in [0.15, 0.2) is 0 Å². The van der Waals surface area contributed by atoms with E-state index in [2.05, 4.69) is 19.2 Å². The van der Waals surface area contributed by atoms with Crippen LogP contribution in [-0.2, 0) is 0 Å². The predicted octanol–water partition coefficient (Wildman–Crippen LogP) is 2.17. The van der Waals surface area contributed by atoms with Crippen LogP contribution in [0.5, 0.6) is 0 Å². The Bertz CT molecular complexity index is 88.7. The standard InChI is InChI=1S/C9H19N/c1-3-10-9-7-5-4-6-8(9)2/h8-10H,3-7H2,1-2H3/t8-,9+/m1/s1. The van der Waals surface area contributed by atoms with Crippen molar-refractivity contribution in [3.63, 3.8) is 0 Å². The van der Waals surface area contributed by atoms with E-state index in [-0.39, 0.29) is 0 Å². The fraction of sp³-hybridized carbons (Fsp3) is 1.00. The van der Waals surface area contributed by atoms with E-state index in [4.69, 9.17) is 0 Å². The molecule has 60 valence electrons. The average Bonchev–Trinajstić information content (AvgIpc) is 1.94. The first-order chi connectivity index (χ1) is 4.84. The third-order valence-electron chi connectivity index (χ3n) is 2.58. The molecule has 0 unspecified atom stereocenters. The van der Waals surface area contributed by atoms with E-state index >= 15 is 0 Å². The molecule has 1 fully saturated rings. The van der Waals surface area contributed by atoms with Crippen LogP contribution in [0.2, 0.25) is 0 Å². The summed E-state index contributed by atoms with van der Waals surface area (Å²) in [5.74, 6) is 0.911. The molecule has 0 radical (unpaired) electrons. The molecule has 0 aromatic heterocycles. The summed E-state index contributed by atoms with van der Waals surface area (Å²) in [6.07, 6.45) is 5.71. The van der Waals surface area contributed by atoms with E-state index in [1.54, 1.807) is 0 Å². The predicted molar refractivity (Wildman–Crippen MR) is 45.1 cm³/mol. The van der Waals surface area contributed by atoms with Crippen LogP contribution in [0.1, 0.15) is 39.5 Å². The van der Waals surface area contributed by atoms with E-state index in [0.717, 1.165) is 18.5 Å². The van der Waals surface area contributed by atoms with Gasteiger partial charge in [0.25, 0.3) is 0 Å². The van der Waals surface area contributed by atoms with Crippen molar-refractivity contribution in [2.45, 2.75) is 45.6 Å². The molecule has 0 aliphatic heterocycles. The zero-order valence-electron chi connectivity index (χ0n) is 7.19. The molecular formula is C9H19N. The number of rotatable bonds is 2. The summed E-state index contributed by atoms with van der Waals surface area (Å²) in [6.45, 7) is 5.70. The van der Waals surface area contributed by atoms with Crippen molar-refractivity contribution in [1.82, 2.24) is 5.32 Å². The van der Waals surface area contributed by atoms with Crippen molar-refractivity contribution in [3.8, 4) is 0 Å². The topological polar surface area (TPSA) is 12.0 Å². The zero-order chi connectivity index (χ0) is 7.40. The number of hydrogen-bond acceptors (Lipinski definition) is 1. The summed E-state index contributed by atoms with van der Waals surface area (Å²) in [4.78, 5) is 0. The van der Waals surface area contributed by atoms with Crippen LogP contribution >= 0.6 is 0 Å². The highest BCUT2D eigenvalue weighted by atomic mass is 14.9. The molecule has 1 saturated carbocycles. The van der Waals surface area contributed by atoms with Crippen molar-refractivity contribution in [1.29, 1.82) is 0 Å². The Kier molecular flexibility index (Phi) is 3.20. The first-order valence-electron chi connectivity index (χ1n) is 4.58. The molecule has 0 bridgehead atoms. The Balaban J connectivity index is 2.25. The van der Waals surface area contributed by atoms with Gasteiger partial charge >= 0.3 is 0 Å². The third-order valence-corrected chi connectivity index (χ3v) is 2.58. The molecule has 1 N–H and O–H groups in total. The molecule has 1 aliphatic rings. The highest BCUT2D eigenvalue weighted by Crippen LogP contribution is 2.23. The second kappa shape index (κ2) is 3.97. The molecule has 1 rings (SSSR count). The Morgan fingerprint density at radius 3 is 2.60 bits per heavy atom. The fourth-order valence-electron chi connectivity index (χ4n) is 1.88. The highest BCUT2D eigenvalue weighted by Gasteiger charge is 2.19. The fourth-order valence-corrected chi connectivity index (χ4v) is 1.88. The van der Waals surface area contributed by atoms with Gasteiger partial charge in [0.15, 0.2) is 0 Å². The maximum atomic E-state index is 3.53. The molecule has 1 heteroatoms. The van der Waals surface area contributed by atoms with Crippen LogP contribution < -0.4 is 5.32 Å². The van der Waals surface area contributed by atoms with E-state index in [9.17, 15) is 0 Å². The summed E-state index contributed by atoms with van der Waals surface area (Å²) >= 11 is 0. The van der Waals surface area contributed by atoms with E-state index < -0.39 is 0 Å². The highest BCUT2D eigenvalue weighted by molar-refractivity contribution is 4.77. The Morgan fingerprint density at radius 1 is 1.30 bits per heavy atom. The summed E-state index contributed by atoms with van der Waals surface area (Å²) in [7, 11) is 0. The van der Waals surface area contributed by atoms with Crippen molar-refractivity contribution in [2.24, 2.45) is 5.92 Å². The van der Waals surface area contributed by atoms with Crippen molar-refractivity contribution >= 4 is 0 Å². The lowest BCUT2D eigenvalue weighted by Crippen LogP contribution is -2.36. The minimum atomic E-state index is 0.818. The number of nitrogens with one attached hydrogen (secondary N) is 1. The van der Waals surface area contributed by atoms with Gasteiger partial charge in [-0.1, -0.05) is 26.7 Å². The SMILES string of the molecule is CCN[C@H]1CCCC[C@H]1C. The second-order valence-electron chi connectivity index (χ2n) is 3.43. The van der Waals surface area contributed by atoms with Crippen molar-refractivity contribution in [3.05, 3.63) is 0 Å². The Morgan fingerprint density at radius 2 is 2.00 bits per heavy atom. The van der Waals surface area contributed by atoms with E-state index in [1.807, 2.05) is 0 Å². The third kappa shape index (κ3) is 1.98. The quantitative estimate of drug-likeness (QED) is 0.621. The van der Waals surface area contributed by atoms with Gasteiger partial charge in [-0.2, -0.15) is 0 Å². The maximum Gasteiger partial charge on any atom is 0.00925 e. The van der Waals surface area contributed by atoms with Gasteiger partial charge in [-0.25, -0.2) is 0 Å². The molecule has 1 nitrogen and oxygen atoms in total. The van der Waals surface area contributed by atoms with Crippen LogP contribution in [0, 0.1) is 5.92 Å². The smallest absolute Gasteiger partial charge is 0.00925 e. The Labute approximate surface area is 64.2 Å². The van der Waals surface area contributed by atoms with Crippen LogP contribution in [0.3, 0.4) is 0 Å². The summed E-state index contributed by atoms with van der Waals surface area (Å²) in [5.41, 5.74) is 0. The van der Waals surface area contributed by atoms with Crippen LogP contribution in [0.25, 0.3) is 0 Å². The lowest BCUT2D eigenvalue weighted by atomic mass is 9.86. The molecule has 0 saturated heterocycles. The van der Waals surface area contributed by atoms with Gasteiger partial charge in [0.05, 0.1) is 0 Å². The van der Waals surface area contributed by atoms with Crippen LogP contribution in [0.4, 0.5) is 0 Å². The molecule has 0 spiro atoms. The van der Waals surface area contributed by atoms with E-state index in [0.29, 0.717) is 0 Å². The molecule has 0 amide bonds. The lowest BCUT2D eigenvalue weighted by molar-refractivity contribution is 0.285. The van der Waals surface area contributed by atoms with Crippen LogP contribution in [-0.4, -0.2) is 12.6 Å². The Hall–Kier alpha value is -0.0400. The molecule has 0 aromatic rings. The van der Waals surface area contributed by atoms with Crippen molar-refractivity contribution in [2.75, 3.05) is 6.54 Å². The molecule has 1 aliphatic carbocycles.